The van der Waals surface area contributed by atoms with Crippen LogP contribution in [0.1, 0.15) is 11.7 Å². The van der Waals surface area contributed by atoms with Gasteiger partial charge in [-0.25, -0.2) is 0 Å². The molecule has 0 saturated carbocycles. The third-order valence-corrected chi connectivity index (χ3v) is 2.03. The van der Waals surface area contributed by atoms with E-state index >= 15 is 0 Å². The van der Waals surface area contributed by atoms with E-state index in [0.29, 0.717) is 15.6 Å². The molecule has 0 aliphatic rings. The van der Waals surface area contributed by atoms with Gasteiger partial charge in [-0.15, -0.1) is 0 Å². The van der Waals surface area contributed by atoms with E-state index in [2.05, 4.69) is 0 Å². The summed E-state index contributed by atoms with van der Waals surface area (Å²) in [5.74, 6) is 0. The maximum Gasteiger partial charge on any atom is 0.102 e. The second-order valence-electron chi connectivity index (χ2n) is 2.67. The highest BCUT2D eigenvalue weighted by atomic mass is 35.5. The van der Waals surface area contributed by atoms with Crippen molar-refractivity contribution in [3.8, 4) is 0 Å². The molecule has 0 spiro atoms. The predicted molar refractivity (Wildman–Crippen MR) is 53.3 cm³/mol. The molecule has 72 valence electrons. The van der Waals surface area contributed by atoms with Gasteiger partial charge in [0.25, 0.3) is 0 Å². The van der Waals surface area contributed by atoms with E-state index in [1.165, 1.54) is 7.11 Å². The van der Waals surface area contributed by atoms with Crippen LogP contribution in [-0.4, -0.2) is 18.8 Å². The molecule has 0 aliphatic carbocycles. The zero-order chi connectivity index (χ0) is 9.84. The molecule has 0 radical (unpaired) electrons. The maximum absolute atomic E-state index is 9.53. The Hall–Kier alpha value is -0.280. The molecule has 0 heterocycles. The zero-order valence-corrected chi connectivity index (χ0v) is 8.64. The molecular formula is C9H10Cl2O2. The molecular weight excluding hydrogens is 211 g/mol. The van der Waals surface area contributed by atoms with Crippen LogP contribution in [0.3, 0.4) is 0 Å². The van der Waals surface area contributed by atoms with Crippen LogP contribution in [0.15, 0.2) is 18.2 Å². The summed E-state index contributed by atoms with van der Waals surface area (Å²) >= 11 is 11.5. The summed E-state index contributed by atoms with van der Waals surface area (Å²) < 4.78 is 4.80. The Morgan fingerprint density at radius 2 is 1.85 bits per heavy atom. The molecule has 2 nitrogen and oxygen atoms in total. The van der Waals surface area contributed by atoms with Crippen molar-refractivity contribution in [2.45, 2.75) is 6.10 Å². The lowest BCUT2D eigenvalue weighted by atomic mass is 10.1. The highest BCUT2D eigenvalue weighted by Crippen LogP contribution is 2.23. The summed E-state index contributed by atoms with van der Waals surface area (Å²) in [5.41, 5.74) is 0.666. The predicted octanol–water partition coefficient (Wildman–Crippen LogP) is 2.67. The lowest BCUT2D eigenvalue weighted by molar-refractivity contribution is 0.0644. The van der Waals surface area contributed by atoms with Gasteiger partial charge in [0.05, 0.1) is 6.61 Å². The molecule has 0 aromatic heterocycles. The Morgan fingerprint density at radius 3 is 2.31 bits per heavy atom. The minimum Gasteiger partial charge on any atom is -0.386 e. The third-order valence-electron chi connectivity index (χ3n) is 1.59. The number of ether oxygens (including phenoxy) is 1. The minimum atomic E-state index is -0.679. The molecule has 4 heteroatoms. The van der Waals surface area contributed by atoms with Crippen molar-refractivity contribution in [1.82, 2.24) is 0 Å². The first kappa shape index (κ1) is 10.8. The van der Waals surface area contributed by atoms with Crippen molar-refractivity contribution in [1.29, 1.82) is 0 Å². The Bertz CT molecular complexity index is 269. The van der Waals surface area contributed by atoms with Crippen LogP contribution < -0.4 is 0 Å². The molecule has 1 N–H and O–H groups in total. The molecule has 0 aliphatic heterocycles. The largest absolute Gasteiger partial charge is 0.386 e. The standard InChI is InChI=1S/C9H10Cl2O2/c1-13-5-9(12)6-2-7(10)4-8(11)3-6/h2-4,9,12H,5H2,1H3. The number of hydrogen-bond donors (Lipinski definition) is 1. The minimum absolute atomic E-state index is 0.233. The van der Waals surface area contributed by atoms with Gasteiger partial charge in [0.2, 0.25) is 0 Å². The SMILES string of the molecule is COCC(O)c1cc(Cl)cc(Cl)c1. The average molecular weight is 221 g/mol. The molecule has 1 aromatic carbocycles. The van der Waals surface area contributed by atoms with Crippen molar-refractivity contribution in [2.75, 3.05) is 13.7 Å². The number of aliphatic hydroxyl groups is 1. The average Bonchev–Trinajstić information content (AvgIpc) is 2.03. The Balaban J connectivity index is 2.87. The normalized spacial score (nSPS) is 12.9. The van der Waals surface area contributed by atoms with E-state index < -0.39 is 6.10 Å². The lowest BCUT2D eigenvalue weighted by Gasteiger charge is -2.10. The first-order chi connectivity index (χ1) is 6.13. The highest BCUT2D eigenvalue weighted by Gasteiger charge is 2.08. The Labute approximate surface area is 87.0 Å². The molecule has 13 heavy (non-hydrogen) atoms. The van der Waals surface area contributed by atoms with Gasteiger partial charge in [0.1, 0.15) is 6.10 Å². The molecule has 0 saturated heterocycles. The second kappa shape index (κ2) is 4.82. The van der Waals surface area contributed by atoms with Crippen molar-refractivity contribution < 1.29 is 9.84 Å². The van der Waals surface area contributed by atoms with Crippen molar-refractivity contribution in [3.05, 3.63) is 33.8 Å². The van der Waals surface area contributed by atoms with Crippen LogP contribution in [0.5, 0.6) is 0 Å². The number of halogens is 2. The topological polar surface area (TPSA) is 29.5 Å². The summed E-state index contributed by atoms with van der Waals surface area (Å²) in [7, 11) is 1.52. The molecule has 0 fully saturated rings. The van der Waals surface area contributed by atoms with Crippen LogP contribution in [0.4, 0.5) is 0 Å². The van der Waals surface area contributed by atoms with Gasteiger partial charge in [-0.2, -0.15) is 0 Å². The summed E-state index contributed by atoms with van der Waals surface area (Å²) in [6.07, 6.45) is -0.679. The van der Waals surface area contributed by atoms with Gasteiger partial charge >= 0.3 is 0 Å². The molecule has 1 atom stereocenters. The molecule has 1 rings (SSSR count). The van der Waals surface area contributed by atoms with Crippen molar-refractivity contribution in [2.24, 2.45) is 0 Å². The van der Waals surface area contributed by atoms with Crippen LogP contribution in [0.25, 0.3) is 0 Å². The van der Waals surface area contributed by atoms with Crippen molar-refractivity contribution in [3.63, 3.8) is 0 Å². The molecule has 0 amide bonds. The van der Waals surface area contributed by atoms with E-state index in [1.54, 1.807) is 18.2 Å². The Morgan fingerprint density at radius 1 is 1.31 bits per heavy atom. The van der Waals surface area contributed by atoms with Gasteiger partial charge in [-0.1, -0.05) is 23.2 Å². The fraction of sp³-hybridized carbons (Fsp3) is 0.333. The summed E-state index contributed by atoms with van der Waals surface area (Å²) in [4.78, 5) is 0. The first-order valence-electron chi connectivity index (χ1n) is 3.76. The van der Waals surface area contributed by atoms with Crippen molar-refractivity contribution >= 4 is 23.2 Å². The van der Waals surface area contributed by atoms with Gasteiger partial charge < -0.3 is 9.84 Å². The highest BCUT2D eigenvalue weighted by molar-refractivity contribution is 6.34. The van der Waals surface area contributed by atoms with E-state index in [9.17, 15) is 5.11 Å². The molecule has 1 unspecified atom stereocenters. The van der Waals surface area contributed by atoms with Gasteiger partial charge in [-0.3, -0.25) is 0 Å². The number of aliphatic hydroxyl groups excluding tert-OH is 1. The van der Waals surface area contributed by atoms with Gasteiger partial charge in [-0.05, 0) is 23.8 Å². The third kappa shape index (κ3) is 3.16. The van der Waals surface area contributed by atoms with Gasteiger partial charge in [0, 0.05) is 17.2 Å². The van der Waals surface area contributed by atoms with Crippen LogP contribution >= 0.6 is 23.2 Å². The summed E-state index contributed by atoms with van der Waals surface area (Å²) in [6, 6.07) is 4.94. The smallest absolute Gasteiger partial charge is 0.102 e. The van der Waals surface area contributed by atoms with Crippen LogP contribution in [0, 0.1) is 0 Å². The fourth-order valence-corrected chi connectivity index (χ4v) is 1.56. The summed E-state index contributed by atoms with van der Waals surface area (Å²) in [5, 5.41) is 10.6. The first-order valence-corrected chi connectivity index (χ1v) is 4.52. The van der Waals surface area contributed by atoms with E-state index in [0.717, 1.165) is 0 Å². The van der Waals surface area contributed by atoms with Gasteiger partial charge in [0.15, 0.2) is 0 Å². The van der Waals surface area contributed by atoms with Crippen LogP contribution in [-0.2, 0) is 4.74 Å². The number of hydrogen-bond acceptors (Lipinski definition) is 2. The number of benzene rings is 1. The number of methoxy groups -OCH3 is 1. The lowest BCUT2D eigenvalue weighted by Crippen LogP contribution is -2.04. The quantitative estimate of drug-likeness (QED) is 0.850. The zero-order valence-electron chi connectivity index (χ0n) is 7.13. The summed E-state index contributed by atoms with van der Waals surface area (Å²) in [6.45, 7) is 0.233. The Kier molecular flexibility index (Phi) is 4.00. The molecule has 0 bridgehead atoms. The maximum atomic E-state index is 9.53. The van der Waals surface area contributed by atoms with E-state index in [4.69, 9.17) is 27.9 Å². The fourth-order valence-electron chi connectivity index (χ4n) is 1.02. The van der Waals surface area contributed by atoms with E-state index in [-0.39, 0.29) is 6.61 Å². The monoisotopic (exact) mass is 220 g/mol. The molecule has 1 aromatic rings. The van der Waals surface area contributed by atoms with Crippen LogP contribution in [0.2, 0.25) is 10.0 Å². The number of rotatable bonds is 3. The van der Waals surface area contributed by atoms with E-state index in [1.807, 2.05) is 0 Å². The second-order valence-corrected chi connectivity index (χ2v) is 3.55.